The van der Waals surface area contributed by atoms with Gasteiger partial charge in [-0.05, 0) is 25.0 Å². The van der Waals surface area contributed by atoms with E-state index in [4.69, 9.17) is 10.8 Å². The summed E-state index contributed by atoms with van der Waals surface area (Å²) in [5.41, 5.74) is 2.55. The number of carbonyl (C=O) groups is 2. The van der Waals surface area contributed by atoms with Crippen molar-refractivity contribution in [2.45, 2.75) is 24.8 Å². The molecule has 0 aromatic heterocycles. The fraction of sp³-hybridized carbons (Fsp3) is 0.385. The van der Waals surface area contributed by atoms with Crippen molar-refractivity contribution in [2.75, 3.05) is 6.54 Å². The average Bonchev–Trinajstić information content (AvgIpc) is 2.43. The second-order valence-corrected chi connectivity index (χ2v) is 4.52. The van der Waals surface area contributed by atoms with Crippen LogP contribution >= 0.6 is 0 Å². The molecule has 1 aromatic carbocycles. The number of alkyl halides is 2. The van der Waals surface area contributed by atoms with Gasteiger partial charge in [0.25, 0.3) is 12.3 Å². The highest BCUT2D eigenvalue weighted by molar-refractivity contribution is 5.96. The molecule has 0 aliphatic carbocycles. The number of nitrogens with one attached hydrogen (secondary N) is 1. The number of carboxylic acids is 1. The molecule has 8 heteroatoms. The van der Waals surface area contributed by atoms with E-state index in [1.807, 2.05) is 0 Å². The first-order chi connectivity index (χ1) is 9.79. The number of amides is 1. The van der Waals surface area contributed by atoms with Crippen LogP contribution in [0.2, 0.25) is 0 Å². The average molecular weight is 302 g/mol. The van der Waals surface area contributed by atoms with Gasteiger partial charge < -0.3 is 21.3 Å². The number of carboxylic acid groups (broad SMARTS) is 1. The molecule has 116 valence electrons. The first-order valence-corrected chi connectivity index (χ1v) is 6.15. The van der Waals surface area contributed by atoms with Crippen molar-refractivity contribution in [1.29, 1.82) is 0 Å². The molecule has 1 rings (SSSR count). The van der Waals surface area contributed by atoms with E-state index in [-0.39, 0.29) is 24.3 Å². The Bertz CT molecular complexity index is 525. The Balaban J connectivity index is 2.49. The summed E-state index contributed by atoms with van der Waals surface area (Å²) in [6, 6.07) is 5.83. The molecule has 0 radical (unpaired) electrons. The molecule has 0 heterocycles. The third-order valence-corrected chi connectivity index (χ3v) is 2.99. The van der Waals surface area contributed by atoms with E-state index in [1.54, 1.807) is 12.1 Å². The lowest BCUT2D eigenvalue weighted by Crippen LogP contribution is -2.54. The normalized spacial score (nSPS) is 13.7. The van der Waals surface area contributed by atoms with Crippen LogP contribution in [-0.4, -0.2) is 40.6 Å². The molecule has 0 aliphatic rings. The van der Waals surface area contributed by atoms with Crippen LogP contribution in [-0.2, 0) is 4.79 Å². The van der Waals surface area contributed by atoms with Gasteiger partial charge in [0.1, 0.15) is 5.75 Å². The number of phenols is 1. The largest absolute Gasteiger partial charge is 0.507 e. The molecule has 0 bridgehead atoms. The van der Waals surface area contributed by atoms with E-state index in [2.05, 4.69) is 5.32 Å². The Hall–Kier alpha value is -2.22. The van der Waals surface area contributed by atoms with Crippen LogP contribution in [0.1, 0.15) is 23.2 Å². The van der Waals surface area contributed by atoms with Gasteiger partial charge in [-0.3, -0.25) is 4.79 Å². The fourth-order valence-electron chi connectivity index (χ4n) is 1.65. The van der Waals surface area contributed by atoms with Gasteiger partial charge in [0.2, 0.25) is 0 Å². The summed E-state index contributed by atoms with van der Waals surface area (Å²) in [5.74, 6) is -2.58. The van der Waals surface area contributed by atoms with Crippen molar-refractivity contribution < 1.29 is 28.6 Å². The van der Waals surface area contributed by atoms with E-state index >= 15 is 0 Å². The molecule has 1 atom stereocenters. The Labute approximate surface area is 119 Å². The smallest absolute Gasteiger partial charge is 0.329 e. The summed E-state index contributed by atoms with van der Waals surface area (Å²) in [6.45, 7) is -0.0356. The van der Waals surface area contributed by atoms with Crippen molar-refractivity contribution in [3.05, 3.63) is 29.8 Å². The van der Waals surface area contributed by atoms with Gasteiger partial charge in [0, 0.05) is 6.54 Å². The van der Waals surface area contributed by atoms with Crippen LogP contribution in [0.25, 0.3) is 0 Å². The highest BCUT2D eigenvalue weighted by Gasteiger charge is 2.43. The molecule has 0 saturated heterocycles. The molecule has 1 aromatic rings. The third kappa shape index (κ3) is 4.12. The van der Waals surface area contributed by atoms with E-state index in [0.717, 1.165) is 0 Å². The number of para-hydroxylation sites is 1. The predicted molar refractivity (Wildman–Crippen MR) is 70.2 cm³/mol. The highest BCUT2D eigenvalue weighted by Crippen LogP contribution is 2.19. The van der Waals surface area contributed by atoms with Crippen molar-refractivity contribution >= 4 is 11.9 Å². The zero-order chi connectivity index (χ0) is 16.0. The van der Waals surface area contributed by atoms with E-state index in [1.165, 1.54) is 12.1 Å². The van der Waals surface area contributed by atoms with Gasteiger partial charge in [-0.25, -0.2) is 13.6 Å². The molecule has 0 aliphatic heterocycles. The highest BCUT2D eigenvalue weighted by atomic mass is 19.3. The van der Waals surface area contributed by atoms with Crippen LogP contribution in [0.15, 0.2) is 24.3 Å². The lowest BCUT2D eigenvalue weighted by Gasteiger charge is -2.23. The molecule has 1 unspecified atom stereocenters. The monoisotopic (exact) mass is 302 g/mol. The number of halogens is 2. The number of aromatic hydroxyl groups is 1. The SMILES string of the molecule is NC(CCCNC(=O)c1ccccc1O)(C(=O)O)C(F)F. The number of carbonyl (C=O) groups excluding carboxylic acids is 1. The summed E-state index contributed by atoms with van der Waals surface area (Å²) in [6.07, 6.45) is -3.73. The van der Waals surface area contributed by atoms with Gasteiger partial charge in [0.05, 0.1) is 5.56 Å². The maximum Gasteiger partial charge on any atom is 0.329 e. The molecule has 1 amide bonds. The number of benzene rings is 1. The summed E-state index contributed by atoms with van der Waals surface area (Å²) in [4.78, 5) is 22.4. The lowest BCUT2D eigenvalue weighted by atomic mass is 9.95. The second-order valence-electron chi connectivity index (χ2n) is 4.52. The number of nitrogens with two attached hydrogens (primary N) is 1. The number of hydrogen-bond acceptors (Lipinski definition) is 4. The van der Waals surface area contributed by atoms with Crippen LogP contribution in [0, 0.1) is 0 Å². The molecular formula is C13H16F2N2O4. The van der Waals surface area contributed by atoms with Gasteiger partial charge in [0.15, 0.2) is 5.54 Å². The van der Waals surface area contributed by atoms with Crippen LogP contribution in [0.4, 0.5) is 8.78 Å². The molecule has 5 N–H and O–H groups in total. The topological polar surface area (TPSA) is 113 Å². The minimum absolute atomic E-state index is 0.0352. The number of phenolic OH excluding ortho intramolecular Hbond substituents is 1. The Morgan fingerprint density at radius 2 is 1.95 bits per heavy atom. The van der Waals surface area contributed by atoms with Crippen LogP contribution in [0.5, 0.6) is 5.75 Å². The van der Waals surface area contributed by atoms with Crippen molar-refractivity contribution in [1.82, 2.24) is 5.32 Å². The van der Waals surface area contributed by atoms with Crippen LogP contribution in [0.3, 0.4) is 0 Å². The maximum absolute atomic E-state index is 12.6. The van der Waals surface area contributed by atoms with E-state index in [9.17, 15) is 23.5 Å². The van der Waals surface area contributed by atoms with Crippen LogP contribution < -0.4 is 11.1 Å². The molecular weight excluding hydrogens is 286 g/mol. The van der Waals surface area contributed by atoms with Crippen molar-refractivity contribution in [2.24, 2.45) is 5.73 Å². The van der Waals surface area contributed by atoms with Crippen molar-refractivity contribution in [3.63, 3.8) is 0 Å². The van der Waals surface area contributed by atoms with Gasteiger partial charge in [-0.1, -0.05) is 12.1 Å². The zero-order valence-electron chi connectivity index (χ0n) is 11.1. The fourth-order valence-corrected chi connectivity index (χ4v) is 1.65. The molecule has 6 nitrogen and oxygen atoms in total. The molecule has 21 heavy (non-hydrogen) atoms. The lowest BCUT2D eigenvalue weighted by molar-refractivity contribution is -0.150. The first-order valence-electron chi connectivity index (χ1n) is 6.15. The standard InChI is InChI=1S/C13H16F2N2O4/c14-11(15)13(16,12(20)21)6-3-7-17-10(19)8-4-1-2-5-9(8)18/h1-2,4-5,11,18H,3,6-7,16H2,(H,17,19)(H,20,21). The van der Waals surface area contributed by atoms with E-state index < -0.39 is 30.3 Å². The Morgan fingerprint density at radius 1 is 1.33 bits per heavy atom. The van der Waals surface area contributed by atoms with Gasteiger partial charge >= 0.3 is 5.97 Å². The predicted octanol–water partition coefficient (Wildman–Crippen LogP) is 0.949. The third-order valence-electron chi connectivity index (χ3n) is 2.99. The van der Waals surface area contributed by atoms with E-state index in [0.29, 0.717) is 0 Å². The summed E-state index contributed by atoms with van der Waals surface area (Å²) < 4.78 is 25.2. The molecule has 0 saturated carbocycles. The second kappa shape index (κ2) is 6.98. The summed E-state index contributed by atoms with van der Waals surface area (Å²) >= 11 is 0. The summed E-state index contributed by atoms with van der Waals surface area (Å²) in [7, 11) is 0. The quantitative estimate of drug-likeness (QED) is 0.560. The minimum atomic E-state index is -3.20. The van der Waals surface area contributed by atoms with Gasteiger partial charge in [-0.2, -0.15) is 0 Å². The van der Waals surface area contributed by atoms with Crippen molar-refractivity contribution in [3.8, 4) is 5.75 Å². The van der Waals surface area contributed by atoms with Gasteiger partial charge in [-0.15, -0.1) is 0 Å². The Morgan fingerprint density at radius 3 is 2.48 bits per heavy atom. The first kappa shape index (κ1) is 16.8. The minimum Gasteiger partial charge on any atom is -0.507 e. The zero-order valence-corrected chi connectivity index (χ0v) is 11.1. The number of hydrogen-bond donors (Lipinski definition) is 4. The molecule has 0 spiro atoms. The Kier molecular flexibility index (Phi) is 5.60. The molecule has 0 fully saturated rings. The maximum atomic E-state index is 12.6. The number of aliphatic carboxylic acids is 1. The summed E-state index contributed by atoms with van der Waals surface area (Å²) in [5, 5.41) is 20.6. The number of rotatable bonds is 7.